The molecule has 0 aromatic carbocycles. The van der Waals surface area contributed by atoms with E-state index in [1.165, 1.54) is 6.92 Å². The van der Waals surface area contributed by atoms with Crippen LogP contribution in [0.3, 0.4) is 0 Å². The molecule has 2 aliphatic heterocycles. The maximum Gasteiger partial charge on any atom is 0.320 e. The van der Waals surface area contributed by atoms with Gasteiger partial charge in [0, 0.05) is 29.6 Å². The second-order valence-corrected chi connectivity index (χ2v) is 10.2. The molecule has 30 heavy (non-hydrogen) atoms. The molecule has 3 aliphatic carbocycles. The van der Waals surface area contributed by atoms with E-state index in [-0.39, 0.29) is 31.3 Å². The molecule has 2 heterocycles. The van der Waals surface area contributed by atoms with Gasteiger partial charge < -0.3 is 24.4 Å². The fourth-order valence-electron chi connectivity index (χ4n) is 7.61. The fraction of sp³-hybridized carbons (Fsp3) is 0.773. The van der Waals surface area contributed by atoms with E-state index in [1.54, 1.807) is 0 Å². The van der Waals surface area contributed by atoms with Gasteiger partial charge in [-0.15, -0.1) is 0 Å². The van der Waals surface area contributed by atoms with E-state index in [2.05, 4.69) is 6.58 Å². The van der Waals surface area contributed by atoms with Crippen molar-refractivity contribution in [1.82, 2.24) is 0 Å². The van der Waals surface area contributed by atoms with Crippen molar-refractivity contribution in [2.75, 3.05) is 13.2 Å². The summed E-state index contributed by atoms with van der Waals surface area (Å²) in [5.41, 5.74) is -2.71. The minimum Gasteiger partial charge on any atom is -0.465 e. The molecule has 5 fully saturated rings. The molecular formula is C22H28O8. The van der Waals surface area contributed by atoms with Gasteiger partial charge in [-0.25, -0.2) is 0 Å². The van der Waals surface area contributed by atoms with Crippen molar-refractivity contribution in [2.24, 2.45) is 34.0 Å². The number of ether oxygens (including phenoxy) is 3. The molecular weight excluding hydrogens is 392 g/mol. The molecule has 9 atom stereocenters. The number of hydrogen-bond donors (Lipinski definition) is 2. The summed E-state index contributed by atoms with van der Waals surface area (Å²) in [5, 5.41) is 22.2. The highest BCUT2D eigenvalue weighted by molar-refractivity contribution is 6.15. The zero-order valence-corrected chi connectivity index (χ0v) is 17.3. The maximum absolute atomic E-state index is 13.3. The molecule has 8 nitrogen and oxygen atoms in total. The van der Waals surface area contributed by atoms with Gasteiger partial charge in [0.25, 0.3) is 0 Å². The lowest BCUT2D eigenvalue weighted by molar-refractivity contribution is -0.256. The van der Waals surface area contributed by atoms with Gasteiger partial charge in [-0.2, -0.15) is 0 Å². The molecule has 2 spiro atoms. The van der Waals surface area contributed by atoms with Crippen LogP contribution in [-0.2, 0) is 28.6 Å². The zero-order valence-electron chi connectivity index (χ0n) is 17.3. The van der Waals surface area contributed by atoms with Gasteiger partial charge in [-0.3, -0.25) is 14.4 Å². The monoisotopic (exact) mass is 420 g/mol. The van der Waals surface area contributed by atoms with E-state index in [0.29, 0.717) is 24.8 Å². The van der Waals surface area contributed by atoms with Gasteiger partial charge in [-0.05, 0) is 37.2 Å². The molecule has 0 aromatic heterocycles. The number of Topliss-reactive ketones (excluding diaryl/α,β-unsaturated/α-hetero) is 1. The third-order valence-electron chi connectivity index (χ3n) is 8.69. The van der Waals surface area contributed by atoms with Crippen molar-refractivity contribution in [3.05, 3.63) is 12.2 Å². The Morgan fingerprint density at radius 2 is 2.03 bits per heavy atom. The molecule has 9 unspecified atom stereocenters. The summed E-state index contributed by atoms with van der Waals surface area (Å²) in [5.74, 6) is -2.90. The molecule has 5 aliphatic rings. The van der Waals surface area contributed by atoms with Crippen molar-refractivity contribution < 1.29 is 38.8 Å². The van der Waals surface area contributed by atoms with Crippen LogP contribution in [0.5, 0.6) is 0 Å². The summed E-state index contributed by atoms with van der Waals surface area (Å²) in [4.78, 5) is 38.1. The van der Waals surface area contributed by atoms with E-state index >= 15 is 0 Å². The normalized spacial score (nSPS) is 51.7. The second kappa shape index (κ2) is 6.14. The topological polar surface area (TPSA) is 119 Å². The lowest BCUT2D eigenvalue weighted by atomic mass is 9.43. The summed E-state index contributed by atoms with van der Waals surface area (Å²) in [6.45, 7) is 7.31. The van der Waals surface area contributed by atoms with Gasteiger partial charge in [-0.1, -0.05) is 13.5 Å². The largest absolute Gasteiger partial charge is 0.465 e. The third kappa shape index (κ3) is 2.19. The zero-order chi connectivity index (χ0) is 21.6. The van der Waals surface area contributed by atoms with E-state index < -0.39 is 58.5 Å². The Balaban J connectivity index is 1.66. The van der Waals surface area contributed by atoms with Crippen LogP contribution >= 0.6 is 0 Å². The highest BCUT2D eigenvalue weighted by Crippen LogP contribution is 2.71. The van der Waals surface area contributed by atoms with Crippen LogP contribution in [0.15, 0.2) is 12.2 Å². The standard InChI is InChI=1S/C22H28O8/c1-10-12-6-13(24)15-21(7-12,17(10)25)19(27)30-14-4-5-20(3,8-28-11(2)23)16-18(26)29-9-22(14,15)16/h12-16,18,24,26H,1,4-9H2,2-3H3. The number of esters is 2. The molecule has 2 bridgehead atoms. The van der Waals surface area contributed by atoms with Crippen molar-refractivity contribution >= 4 is 17.7 Å². The highest BCUT2D eigenvalue weighted by atomic mass is 16.6. The fourth-order valence-corrected chi connectivity index (χ4v) is 7.61. The van der Waals surface area contributed by atoms with Crippen molar-refractivity contribution in [2.45, 2.75) is 58.0 Å². The van der Waals surface area contributed by atoms with Crippen LogP contribution in [0.4, 0.5) is 0 Å². The van der Waals surface area contributed by atoms with Gasteiger partial charge in [0.05, 0.1) is 19.3 Å². The van der Waals surface area contributed by atoms with Crippen molar-refractivity contribution in [3.8, 4) is 0 Å². The van der Waals surface area contributed by atoms with Crippen molar-refractivity contribution in [1.29, 1.82) is 0 Å². The lowest BCUT2D eigenvalue weighted by Crippen LogP contribution is -2.71. The summed E-state index contributed by atoms with van der Waals surface area (Å²) in [6, 6.07) is 0. The maximum atomic E-state index is 13.3. The quantitative estimate of drug-likeness (QED) is 0.381. The molecule has 0 amide bonds. The van der Waals surface area contributed by atoms with Crippen LogP contribution < -0.4 is 0 Å². The Bertz CT molecular complexity index is 852. The second-order valence-electron chi connectivity index (χ2n) is 10.2. The first-order chi connectivity index (χ1) is 14.1. The number of carbonyl (C=O) groups excluding carboxylic acids is 3. The number of aliphatic hydroxyl groups excluding tert-OH is 2. The SMILES string of the molecule is C=C1C(=O)C23CC1CC(O)C2C12COC(O)C1C(C)(COC(C)=O)CCC2OC3=O. The van der Waals surface area contributed by atoms with Crippen LogP contribution in [0.25, 0.3) is 0 Å². The number of fused-ring (bicyclic) bond motifs is 1. The number of allylic oxidation sites excluding steroid dienone is 1. The van der Waals surface area contributed by atoms with Crippen LogP contribution in [0, 0.1) is 34.0 Å². The van der Waals surface area contributed by atoms with Crippen molar-refractivity contribution in [3.63, 3.8) is 0 Å². The molecule has 2 N–H and O–H groups in total. The molecule has 0 aromatic rings. The van der Waals surface area contributed by atoms with Gasteiger partial charge in [0.1, 0.15) is 11.5 Å². The molecule has 2 saturated heterocycles. The minimum absolute atomic E-state index is 0.0698. The van der Waals surface area contributed by atoms with E-state index in [1.807, 2.05) is 6.92 Å². The highest BCUT2D eigenvalue weighted by Gasteiger charge is 2.79. The average molecular weight is 420 g/mol. The number of aliphatic hydroxyl groups is 2. The first-order valence-corrected chi connectivity index (χ1v) is 10.6. The number of rotatable bonds is 2. The molecule has 0 radical (unpaired) electrons. The van der Waals surface area contributed by atoms with Gasteiger partial charge in [0.2, 0.25) is 0 Å². The van der Waals surface area contributed by atoms with Gasteiger partial charge >= 0.3 is 11.9 Å². The summed E-state index contributed by atoms with van der Waals surface area (Å²) >= 11 is 0. The smallest absolute Gasteiger partial charge is 0.320 e. The Labute approximate surface area is 174 Å². The third-order valence-corrected chi connectivity index (χ3v) is 8.69. The Morgan fingerprint density at radius 3 is 2.73 bits per heavy atom. The Hall–Kier alpha value is -1.77. The number of carbonyl (C=O) groups is 3. The molecule has 3 saturated carbocycles. The molecule has 5 rings (SSSR count). The predicted octanol–water partition coefficient (Wildman–Crippen LogP) is 0.739. The van der Waals surface area contributed by atoms with Crippen LogP contribution in [0.1, 0.15) is 39.5 Å². The minimum atomic E-state index is -1.48. The van der Waals surface area contributed by atoms with E-state index in [4.69, 9.17) is 14.2 Å². The Morgan fingerprint density at radius 1 is 1.30 bits per heavy atom. The first-order valence-electron chi connectivity index (χ1n) is 10.6. The number of ketones is 1. The summed E-state index contributed by atoms with van der Waals surface area (Å²) < 4.78 is 17.0. The molecule has 164 valence electrons. The van der Waals surface area contributed by atoms with E-state index in [0.717, 1.165) is 0 Å². The van der Waals surface area contributed by atoms with Crippen LogP contribution in [0.2, 0.25) is 0 Å². The molecule has 8 heteroatoms. The predicted molar refractivity (Wildman–Crippen MR) is 101 cm³/mol. The summed E-state index contributed by atoms with van der Waals surface area (Å²) in [6.07, 6.45) is -1.02. The van der Waals surface area contributed by atoms with Gasteiger partial charge in [0.15, 0.2) is 12.1 Å². The number of hydrogen-bond acceptors (Lipinski definition) is 8. The lowest BCUT2D eigenvalue weighted by Gasteiger charge is -2.62. The van der Waals surface area contributed by atoms with E-state index in [9.17, 15) is 24.6 Å². The Kier molecular flexibility index (Phi) is 4.13. The first kappa shape index (κ1) is 20.2. The van der Waals surface area contributed by atoms with Crippen LogP contribution in [-0.4, -0.2) is 59.6 Å². The summed E-state index contributed by atoms with van der Waals surface area (Å²) in [7, 11) is 0. The average Bonchev–Trinajstić information content (AvgIpc) is 3.13.